The zero-order valence-corrected chi connectivity index (χ0v) is 15.7. The van der Waals surface area contributed by atoms with Gasteiger partial charge in [0, 0.05) is 17.8 Å². The van der Waals surface area contributed by atoms with Crippen LogP contribution in [0, 0.1) is 0 Å². The molecule has 120 valence electrons. The Bertz CT molecular complexity index is 779. The molecule has 23 heavy (non-hydrogen) atoms. The lowest BCUT2D eigenvalue weighted by Crippen LogP contribution is -2.02. The SMILES string of the molecule is CCn1c(CSc2nc3ccccc3s2)nnc1SC/C=C/Cl. The van der Waals surface area contributed by atoms with Crippen LogP contribution in [-0.4, -0.2) is 25.5 Å². The lowest BCUT2D eigenvalue weighted by Gasteiger charge is -2.05. The first kappa shape index (κ1) is 16.8. The highest BCUT2D eigenvalue weighted by Crippen LogP contribution is 2.31. The van der Waals surface area contributed by atoms with Crippen LogP contribution in [0.5, 0.6) is 0 Å². The van der Waals surface area contributed by atoms with Crippen molar-refractivity contribution in [1.29, 1.82) is 0 Å². The Hall–Kier alpha value is -1.02. The van der Waals surface area contributed by atoms with Gasteiger partial charge in [-0.05, 0) is 19.1 Å². The van der Waals surface area contributed by atoms with E-state index in [0.717, 1.165) is 38.9 Å². The fourth-order valence-corrected chi connectivity index (χ4v) is 5.08. The first-order valence-corrected chi connectivity index (χ1v) is 10.3. The van der Waals surface area contributed by atoms with Gasteiger partial charge in [-0.3, -0.25) is 0 Å². The minimum Gasteiger partial charge on any atom is -0.306 e. The quantitative estimate of drug-likeness (QED) is 0.535. The second-order valence-corrected chi connectivity index (χ2v) is 8.04. The third-order valence-corrected chi connectivity index (χ3v) is 6.38. The van der Waals surface area contributed by atoms with E-state index in [-0.39, 0.29) is 0 Å². The Morgan fingerprint density at radius 3 is 2.91 bits per heavy atom. The van der Waals surface area contributed by atoms with Crippen molar-refractivity contribution in [3.05, 3.63) is 41.7 Å². The van der Waals surface area contributed by atoms with Gasteiger partial charge < -0.3 is 4.57 Å². The maximum absolute atomic E-state index is 5.55. The van der Waals surface area contributed by atoms with Gasteiger partial charge in [-0.15, -0.1) is 21.5 Å². The van der Waals surface area contributed by atoms with E-state index in [1.54, 1.807) is 34.9 Å². The smallest absolute Gasteiger partial charge is 0.191 e. The fourth-order valence-electron chi connectivity index (χ4n) is 2.05. The van der Waals surface area contributed by atoms with Crippen molar-refractivity contribution in [2.24, 2.45) is 0 Å². The predicted octanol–water partition coefficient (Wildman–Crippen LogP) is 5.04. The molecule has 3 aromatic rings. The molecule has 0 spiro atoms. The number of halogens is 1. The number of thioether (sulfide) groups is 2. The molecule has 0 saturated heterocycles. The standard InChI is InChI=1S/C15H15ClN4S3/c1-2-20-13(18-19-14(20)21-9-5-8-16)10-22-15-17-11-6-3-4-7-12(11)23-15/h3-8H,2,9-10H2,1H3/b8-5+. The maximum Gasteiger partial charge on any atom is 0.191 e. The molecule has 0 unspecified atom stereocenters. The molecule has 0 aliphatic heterocycles. The molecule has 0 fully saturated rings. The van der Waals surface area contributed by atoms with Crippen molar-refractivity contribution in [2.45, 2.75) is 28.7 Å². The molecule has 2 aromatic heterocycles. The molecule has 0 saturated carbocycles. The van der Waals surface area contributed by atoms with E-state index < -0.39 is 0 Å². The van der Waals surface area contributed by atoms with Crippen molar-refractivity contribution < 1.29 is 0 Å². The van der Waals surface area contributed by atoms with Crippen LogP contribution in [0.25, 0.3) is 10.2 Å². The van der Waals surface area contributed by atoms with Gasteiger partial charge in [0.1, 0.15) is 5.82 Å². The van der Waals surface area contributed by atoms with Crippen LogP contribution < -0.4 is 0 Å². The molecule has 2 heterocycles. The number of nitrogens with zero attached hydrogens (tertiary/aromatic N) is 4. The number of benzene rings is 1. The minimum absolute atomic E-state index is 0.770. The van der Waals surface area contributed by atoms with Gasteiger partial charge in [0.2, 0.25) is 0 Å². The van der Waals surface area contributed by atoms with Crippen molar-refractivity contribution in [3.63, 3.8) is 0 Å². The molecule has 0 aliphatic rings. The molecule has 0 bridgehead atoms. The molecule has 1 aromatic carbocycles. The summed E-state index contributed by atoms with van der Waals surface area (Å²) in [6.45, 7) is 2.96. The van der Waals surface area contributed by atoms with Gasteiger partial charge in [-0.2, -0.15) is 0 Å². The normalized spacial score (nSPS) is 11.7. The monoisotopic (exact) mass is 382 g/mol. The number of thiazole rings is 1. The Kier molecular flexibility index (Phi) is 5.99. The Labute approximate surface area is 152 Å². The predicted molar refractivity (Wildman–Crippen MR) is 101 cm³/mol. The van der Waals surface area contributed by atoms with Gasteiger partial charge in [0.15, 0.2) is 9.50 Å². The summed E-state index contributed by atoms with van der Waals surface area (Å²) < 4.78 is 4.43. The Morgan fingerprint density at radius 2 is 2.13 bits per heavy atom. The molecule has 0 radical (unpaired) electrons. The van der Waals surface area contributed by atoms with Crippen molar-refractivity contribution >= 4 is 56.7 Å². The molecule has 0 atom stereocenters. The van der Waals surface area contributed by atoms with Gasteiger partial charge in [0.25, 0.3) is 0 Å². The van der Waals surface area contributed by atoms with E-state index in [0.29, 0.717) is 0 Å². The number of para-hydroxylation sites is 1. The summed E-state index contributed by atoms with van der Waals surface area (Å²) in [5, 5.41) is 9.54. The van der Waals surface area contributed by atoms with Gasteiger partial charge in [-0.1, -0.05) is 53.3 Å². The summed E-state index contributed by atoms with van der Waals surface area (Å²) in [5.74, 6) is 2.55. The van der Waals surface area contributed by atoms with Crippen molar-refractivity contribution in [2.75, 3.05) is 5.75 Å². The van der Waals surface area contributed by atoms with E-state index in [9.17, 15) is 0 Å². The number of hydrogen-bond acceptors (Lipinski definition) is 6. The Morgan fingerprint density at radius 1 is 1.26 bits per heavy atom. The molecule has 0 amide bonds. The lowest BCUT2D eigenvalue weighted by molar-refractivity contribution is 0.659. The second kappa shape index (κ2) is 8.19. The van der Waals surface area contributed by atoms with Crippen LogP contribution in [0.4, 0.5) is 0 Å². The number of hydrogen-bond donors (Lipinski definition) is 0. The van der Waals surface area contributed by atoms with Crippen molar-refractivity contribution in [3.8, 4) is 0 Å². The molecular weight excluding hydrogens is 368 g/mol. The van der Waals surface area contributed by atoms with Crippen LogP contribution in [0.15, 0.2) is 45.4 Å². The third kappa shape index (κ3) is 4.09. The third-order valence-electron chi connectivity index (χ3n) is 3.11. The molecule has 0 N–H and O–H groups in total. The van der Waals surface area contributed by atoms with E-state index >= 15 is 0 Å². The second-order valence-electron chi connectivity index (χ2n) is 4.55. The topological polar surface area (TPSA) is 43.6 Å². The minimum atomic E-state index is 0.770. The average Bonchev–Trinajstić information content (AvgIpc) is 3.16. The molecule has 3 rings (SSSR count). The number of aromatic nitrogens is 4. The lowest BCUT2D eigenvalue weighted by atomic mass is 10.3. The van der Waals surface area contributed by atoms with Gasteiger partial charge in [0.05, 0.1) is 16.0 Å². The number of fused-ring (bicyclic) bond motifs is 1. The highest BCUT2D eigenvalue weighted by atomic mass is 35.5. The van der Waals surface area contributed by atoms with E-state index in [1.807, 2.05) is 24.3 Å². The highest BCUT2D eigenvalue weighted by molar-refractivity contribution is 8.00. The summed E-state index contributed by atoms with van der Waals surface area (Å²) in [7, 11) is 0. The first-order valence-electron chi connectivity index (χ1n) is 7.10. The van der Waals surface area contributed by atoms with E-state index in [2.05, 4.69) is 32.7 Å². The fraction of sp³-hybridized carbons (Fsp3) is 0.267. The number of rotatable bonds is 7. The van der Waals surface area contributed by atoms with Crippen molar-refractivity contribution in [1.82, 2.24) is 19.7 Å². The van der Waals surface area contributed by atoms with Gasteiger partial charge in [-0.25, -0.2) is 4.98 Å². The molecular formula is C15H15ClN4S3. The average molecular weight is 383 g/mol. The van der Waals surface area contributed by atoms with Crippen LogP contribution in [0.1, 0.15) is 12.7 Å². The summed E-state index contributed by atoms with van der Waals surface area (Å²) >= 11 is 10.6. The maximum atomic E-state index is 5.55. The zero-order chi connectivity index (χ0) is 16.1. The van der Waals surface area contributed by atoms with Crippen LogP contribution >= 0.6 is 46.5 Å². The Balaban J connectivity index is 1.69. The van der Waals surface area contributed by atoms with E-state index in [1.165, 1.54) is 10.2 Å². The van der Waals surface area contributed by atoms with Crippen LogP contribution in [0.2, 0.25) is 0 Å². The molecule has 8 heteroatoms. The van der Waals surface area contributed by atoms with Gasteiger partial charge >= 0.3 is 0 Å². The largest absolute Gasteiger partial charge is 0.306 e. The summed E-state index contributed by atoms with van der Waals surface area (Å²) in [4.78, 5) is 4.65. The van der Waals surface area contributed by atoms with E-state index in [4.69, 9.17) is 11.6 Å². The summed E-state index contributed by atoms with van der Waals surface area (Å²) in [5.41, 5.74) is 2.59. The van der Waals surface area contributed by atoms with Crippen LogP contribution in [-0.2, 0) is 12.3 Å². The zero-order valence-electron chi connectivity index (χ0n) is 12.5. The molecule has 4 nitrogen and oxygen atoms in total. The summed E-state index contributed by atoms with van der Waals surface area (Å²) in [6.07, 6.45) is 1.90. The highest BCUT2D eigenvalue weighted by Gasteiger charge is 2.12. The van der Waals surface area contributed by atoms with Crippen LogP contribution in [0.3, 0.4) is 0 Å². The summed E-state index contributed by atoms with van der Waals surface area (Å²) in [6, 6.07) is 8.21. The molecule has 0 aliphatic carbocycles. The first-order chi connectivity index (χ1) is 11.3.